The molecule has 1 aliphatic rings. The molecule has 14 heavy (non-hydrogen) atoms. The summed E-state index contributed by atoms with van der Waals surface area (Å²) in [7, 11) is 0. The van der Waals surface area contributed by atoms with Crippen LogP contribution in [0.5, 0.6) is 0 Å². The van der Waals surface area contributed by atoms with Gasteiger partial charge in [0, 0.05) is 0 Å². The molecule has 0 amide bonds. The Morgan fingerprint density at radius 1 is 1.36 bits per heavy atom. The van der Waals surface area contributed by atoms with E-state index in [1.807, 2.05) is 0 Å². The molecule has 0 heterocycles. The van der Waals surface area contributed by atoms with E-state index in [4.69, 9.17) is 5.73 Å². The van der Waals surface area contributed by atoms with Crippen LogP contribution < -0.4 is 5.73 Å². The maximum atomic E-state index is 9.89. The fourth-order valence-electron chi connectivity index (χ4n) is 2.54. The predicted octanol–water partition coefficient (Wildman–Crippen LogP) is 2.30. The van der Waals surface area contributed by atoms with Gasteiger partial charge in [-0.3, -0.25) is 0 Å². The van der Waals surface area contributed by atoms with Crippen molar-refractivity contribution >= 4 is 0 Å². The zero-order chi connectivity index (χ0) is 10.4. The summed E-state index contributed by atoms with van der Waals surface area (Å²) in [6.07, 6.45) is 8.56. The van der Waals surface area contributed by atoms with Crippen LogP contribution in [0.1, 0.15) is 51.9 Å². The Hall–Kier alpha value is -0.0800. The van der Waals surface area contributed by atoms with Gasteiger partial charge in [0.05, 0.1) is 6.10 Å². The fourth-order valence-corrected chi connectivity index (χ4v) is 2.54. The number of aliphatic hydroxyl groups is 1. The van der Waals surface area contributed by atoms with Crippen molar-refractivity contribution in [3.63, 3.8) is 0 Å². The van der Waals surface area contributed by atoms with Gasteiger partial charge in [0.2, 0.25) is 0 Å². The van der Waals surface area contributed by atoms with Gasteiger partial charge in [-0.25, -0.2) is 0 Å². The summed E-state index contributed by atoms with van der Waals surface area (Å²) in [5, 5.41) is 9.89. The second-order valence-electron chi connectivity index (χ2n) is 4.70. The van der Waals surface area contributed by atoms with Crippen LogP contribution in [-0.4, -0.2) is 17.8 Å². The number of hydrogen-bond acceptors (Lipinski definition) is 2. The van der Waals surface area contributed by atoms with E-state index in [1.54, 1.807) is 0 Å². The molecule has 1 saturated carbocycles. The molecule has 2 unspecified atom stereocenters. The van der Waals surface area contributed by atoms with Crippen molar-refractivity contribution in [1.82, 2.24) is 0 Å². The minimum absolute atomic E-state index is 0.161. The van der Waals surface area contributed by atoms with Gasteiger partial charge in [0.1, 0.15) is 0 Å². The molecular weight excluding hydrogens is 174 g/mol. The molecule has 0 aliphatic heterocycles. The number of nitrogens with two attached hydrogens (primary N) is 1. The van der Waals surface area contributed by atoms with E-state index in [-0.39, 0.29) is 6.10 Å². The summed E-state index contributed by atoms with van der Waals surface area (Å²) in [6.45, 7) is 2.73. The molecule has 1 aliphatic carbocycles. The third-order valence-electron chi connectivity index (χ3n) is 3.72. The van der Waals surface area contributed by atoms with Gasteiger partial charge in [0.25, 0.3) is 0 Å². The third kappa shape index (κ3) is 3.58. The van der Waals surface area contributed by atoms with Crippen molar-refractivity contribution in [3.8, 4) is 0 Å². The maximum Gasteiger partial charge on any atom is 0.0580 e. The standard InChI is InChI=1S/C12H25NO/c1-2-11(9-13)12(14)8-7-10-5-3-4-6-10/h10-12,14H,2-9,13H2,1H3. The topological polar surface area (TPSA) is 46.2 Å². The second-order valence-corrected chi connectivity index (χ2v) is 4.70. The summed E-state index contributed by atoms with van der Waals surface area (Å²) in [5.41, 5.74) is 5.61. The molecule has 0 aromatic rings. The lowest BCUT2D eigenvalue weighted by Crippen LogP contribution is -2.27. The SMILES string of the molecule is CCC(CN)C(O)CCC1CCCC1. The van der Waals surface area contributed by atoms with E-state index in [0.717, 1.165) is 18.8 Å². The van der Waals surface area contributed by atoms with Gasteiger partial charge in [0.15, 0.2) is 0 Å². The van der Waals surface area contributed by atoms with Gasteiger partial charge in [-0.2, -0.15) is 0 Å². The van der Waals surface area contributed by atoms with Crippen LogP contribution in [-0.2, 0) is 0 Å². The number of rotatable bonds is 6. The first-order valence-electron chi connectivity index (χ1n) is 6.16. The summed E-state index contributed by atoms with van der Waals surface area (Å²) < 4.78 is 0. The van der Waals surface area contributed by atoms with Gasteiger partial charge in [-0.15, -0.1) is 0 Å². The molecule has 0 saturated heterocycles. The monoisotopic (exact) mass is 199 g/mol. The van der Waals surface area contributed by atoms with Crippen LogP contribution in [0.4, 0.5) is 0 Å². The lowest BCUT2D eigenvalue weighted by molar-refractivity contribution is 0.0933. The van der Waals surface area contributed by atoms with Gasteiger partial charge in [-0.05, 0) is 37.6 Å². The quantitative estimate of drug-likeness (QED) is 0.689. The molecule has 2 heteroatoms. The lowest BCUT2D eigenvalue weighted by atomic mass is 9.92. The van der Waals surface area contributed by atoms with Crippen molar-refractivity contribution < 1.29 is 5.11 Å². The van der Waals surface area contributed by atoms with E-state index < -0.39 is 0 Å². The van der Waals surface area contributed by atoms with Crippen LogP contribution in [0.15, 0.2) is 0 Å². The van der Waals surface area contributed by atoms with Crippen LogP contribution in [0.25, 0.3) is 0 Å². The Balaban J connectivity index is 2.15. The average Bonchev–Trinajstić information content (AvgIpc) is 2.69. The molecule has 2 atom stereocenters. The zero-order valence-electron chi connectivity index (χ0n) is 9.41. The smallest absolute Gasteiger partial charge is 0.0580 e. The Labute approximate surface area is 87.9 Å². The highest BCUT2D eigenvalue weighted by Gasteiger charge is 2.19. The summed E-state index contributed by atoms with van der Waals surface area (Å²) >= 11 is 0. The largest absolute Gasteiger partial charge is 0.393 e. The van der Waals surface area contributed by atoms with E-state index in [0.29, 0.717) is 12.5 Å². The van der Waals surface area contributed by atoms with Crippen LogP contribution in [0.3, 0.4) is 0 Å². The van der Waals surface area contributed by atoms with Crippen LogP contribution in [0, 0.1) is 11.8 Å². The van der Waals surface area contributed by atoms with Crippen molar-refractivity contribution in [3.05, 3.63) is 0 Å². The minimum Gasteiger partial charge on any atom is -0.393 e. The van der Waals surface area contributed by atoms with Crippen LogP contribution in [0.2, 0.25) is 0 Å². The molecule has 2 nitrogen and oxygen atoms in total. The van der Waals surface area contributed by atoms with E-state index in [2.05, 4.69) is 6.92 Å². The van der Waals surface area contributed by atoms with Crippen molar-refractivity contribution in [2.45, 2.75) is 58.0 Å². The molecule has 0 radical (unpaired) electrons. The first kappa shape index (κ1) is 12.0. The maximum absolute atomic E-state index is 9.89. The van der Waals surface area contributed by atoms with Crippen molar-refractivity contribution in [2.75, 3.05) is 6.54 Å². The van der Waals surface area contributed by atoms with E-state index in [9.17, 15) is 5.11 Å². The molecule has 84 valence electrons. The number of hydrogen-bond donors (Lipinski definition) is 2. The highest BCUT2D eigenvalue weighted by molar-refractivity contribution is 4.73. The third-order valence-corrected chi connectivity index (χ3v) is 3.72. The van der Waals surface area contributed by atoms with Crippen molar-refractivity contribution in [1.29, 1.82) is 0 Å². The Kier molecular flexibility index (Phi) is 5.49. The molecular formula is C12H25NO. The molecule has 1 rings (SSSR count). The summed E-state index contributed by atoms with van der Waals surface area (Å²) in [6, 6.07) is 0. The Morgan fingerprint density at radius 2 is 2.00 bits per heavy atom. The van der Waals surface area contributed by atoms with E-state index >= 15 is 0 Å². The lowest BCUT2D eigenvalue weighted by Gasteiger charge is -2.21. The first-order valence-corrected chi connectivity index (χ1v) is 6.16. The molecule has 0 bridgehead atoms. The molecule has 0 aromatic heterocycles. The van der Waals surface area contributed by atoms with E-state index in [1.165, 1.54) is 32.1 Å². The zero-order valence-corrected chi connectivity index (χ0v) is 9.41. The fraction of sp³-hybridized carbons (Fsp3) is 1.00. The molecule has 0 aromatic carbocycles. The Bertz CT molecular complexity index is 139. The normalized spacial score (nSPS) is 22.5. The average molecular weight is 199 g/mol. The second kappa shape index (κ2) is 6.41. The highest BCUT2D eigenvalue weighted by atomic mass is 16.3. The van der Waals surface area contributed by atoms with Gasteiger partial charge < -0.3 is 10.8 Å². The van der Waals surface area contributed by atoms with Crippen LogP contribution >= 0.6 is 0 Å². The minimum atomic E-state index is -0.161. The Morgan fingerprint density at radius 3 is 2.50 bits per heavy atom. The summed E-state index contributed by atoms with van der Waals surface area (Å²) in [4.78, 5) is 0. The highest BCUT2D eigenvalue weighted by Crippen LogP contribution is 2.29. The van der Waals surface area contributed by atoms with Gasteiger partial charge in [-0.1, -0.05) is 32.6 Å². The molecule has 0 spiro atoms. The number of aliphatic hydroxyl groups excluding tert-OH is 1. The molecule has 1 fully saturated rings. The molecule has 3 N–H and O–H groups in total. The predicted molar refractivity (Wildman–Crippen MR) is 60.0 cm³/mol. The van der Waals surface area contributed by atoms with Gasteiger partial charge >= 0.3 is 0 Å². The van der Waals surface area contributed by atoms with Crippen molar-refractivity contribution in [2.24, 2.45) is 17.6 Å². The first-order chi connectivity index (χ1) is 6.77. The summed E-state index contributed by atoms with van der Waals surface area (Å²) in [5.74, 6) is 1.20.